The molecule has 2 unspecified atom stereocenters. The highest BCUT2D eigenvalue weighted by Crippen LogP contribution is 2.39. The van der Waals surface area contributed by atoms with Gasteiger partial charge in [0.1, 0.15) is 5.76 Å². The second kappa shape index (κ2) is 4.46. The molecule has 4 heteroatoms. The van der Waals surface area contributed by atoms with Gasteiger partial charge in [-0.1, -0.05) is 6.92 Å². The smallest absolute Gasteiger partial charge is 0.335 e. The van der Waals surface area contributed by atoms with Crippen molar-refractivity contribution in [3.05, 3.63) is 51.8 Å². The Morgan fingerprint density at radius 3 is 3.11 bits per heavy atom. The Morgan fingerprint density at radius 1 is 1.39 bits per heavy atom. The van der Waals surface area contributed by atoms with Crippen LogP contribution >= 0.6 is 0 Å². The standard InChI is InChI=1S/C14H14O4/c1-2-6-16-14-12-10(5-7-17-12)8-9-3-4-11(15)18-13(9)14/h3-5,7-8,12,14H,2,6H2,1H3. The first-order chi connectivity index (χ1) is 8.79. The summed E-state index contributed by atoms with van der Waals surface area (Å²) in [4.78, 5) is 11.4. The molecule has 3 rings (SSSR count). The Bertz CT molecular complexity index is 567. The molecule has 18 heavy (non-hydrogen) atoms. The highest BCUT2D eigenvalue weighted by Gasteiger charge is 2.37. The van der Waals surface area contributed by atoms with Crippen molar-refractivity contribution in [2.75, 3.05) is 6.61 Å². The van der Waals surface area contributed by atoms with Crippen LogP contribution < -0.4 is 5.63 Å². The summed E-state index contributed by atoms with van der Waals surface area (Å²) >= 11 is 0. The van der Waals surface area contributed by atoms with E-state index in [0.717, 1.165) is 17.6 Å². The Morgan fingerprint density at radius 2 is 2.28 bits per heavy atom. The number of hydrogen-bond donors (Lipinski definition) is 0. The van der Waals surface area contributed by atoms with Gasteiger partial charge in [0.25, 0.3) is 0 Å². The minimum Gasteiger partial charge on any atom is -0.490 e. The van der Waals surface area contributed by atoms with Crippen molar-refractivity contribution in [3.63, 3.8) is 0 Å². The molecule has 0 radical (unpaired) electrons. The van der Waals surface area contributed by atoms with Gasteiger partial charge in [0.2, 0.25) is 0 Å². The average Bonchev–Trinajstić information content (AvgIpc) is 2.82. The summed E-state index contributed by atoms with van der Waals surface area (Å²) in [5, 5.41) is 0. The second-order valence-electron chi connectivity index (χ2n) is 4.37. The van der Waals surface area contributed by atoms with Crippen LogP contribution in [-0.2, 0) is 9.47 Å². The molecule has 4 nitrogen and oxygen atoms in total. The molecular weight excluding hydrogens is 232 g/mol. The first-order valence-electron chi connectivity index (χ1n) is 6.09. The van der Waals surface area contributed by atoms with Crippen LogP contribution in [-0.4, -0.2) is 12.7 Å². The van der Waals surface area contributed by atoms with Crippen LogP contribution in [0.2, 0.25) is 0 Å². The predicted octanol–water partition coefficient (Wildman–Crippen LogP) is 2.42. The zero-order valence-corrected chi connectivity index (χ0v) is 10.1. The monoisotopic (exact) mass is 246 g/mol. The number of hydrogen-bond acceptors (Lipinski definition) is 4. The van der Waals surface area contributed by atoms with E-state index in [1.807, 2.05) is 19.1 Å². The van der Waals surface area contributed by atoms with E-state index < -0.39 is 0 Å². The van der Waals surface area contributed by atoms with Crippen molar-refractivity contribution in [1.29, 1.82) is 0 Å². The maximum atomic E-state index is 11.4. The van der Waals surface area contributed by atoms with Crippen LogP contribution in [0.4, 0.5) is 0 Å². The van der Waals surface area contributed by atoms with E-state index in [2.05, 4.69) is 0 Å². The van der Waals surface area contributed by atoms with Gasteiger partial charge in [0.05, 0.1) is 6.26 Å². The molecule has 1 aliphatic heterocycles. The zero-order chi connectivity index (χ0) is 12.5. The quantitative estimate of drug-likeness (QED) is 0.821. The fourth-order valence-electron chi connectivity index (χ4n) is 2.26. The number of fused-ring (bicyclic) bond motifs is 2. The van der Waals surface area contributed by atoms with E-state index in [9.17, 15) is 4.79 Å². The van der Waals surface area contributed by atoms with Crippen LogP contribution in [0.5, 0.6) is 0 Å². The lowest BCUT2D eigenvalue weighted by Gasteiger charge is -2.27. The van der Waals surface area contributed by atoms with Crippen molar-refractivity contribution in [2.24, 2.45) is 0 Å². The molecule has 0 saturated heterocycles. The lowest BCUT2D eigenvalue weighted by Crippen LogP contribution is -2.27. The summed E-state index contributed by atoms with van der Waals surface area (Å²) in [6.07, 6.45) is 5.91. The molecule has 0 spiro atoms. The Balaban J connectivity index is 2.05. The minimum atomic E-state index is -0.360. The molecule has 1 aromatic rings. The zero-order valence-electron chi connectivity index (χ0n) is 10.1. The first-order valence-corrected chi connectivity index (χ1v) is 6.09. The number of ether oxygens (including phenoxy) is 2. The van der Waals surface area contributed by atoms with E-state index in [1.54, 1.807) is 12.3 Å². The Kier molecular flexibility index (Phi) is 2.80. The minimum absolute atomic E-state index is 0.199. The lowest BCUT2D eigenvalue weighted by molar-refractivity contribution is -0.0366. The molecule has 2 atom stereocenters. The van der Waals surface area contributed by atoms with E-state index in [4.69, 9.17) is 13.9 Å². The molecule has 2 heterocycles. The van der Waals surface area contributed by atoms with Gasteiger partial charge < -0.3 is 13.9 Å². The van der Waals surface area contributed by atoms with Crippen LogP contribution in [0.25, 0.3) is 6.08 Å². The van der Waals surface area contributed by atoms with Gasteiger partial charge in [-0.15, -0.1) is 0 Å². The van der Waals surface area contributed by atoms with Gasteiger partial charge in [0.15, 0.2) is 12.2 Å². The molecular formula is C14H14O4. The van der Waals surface area contributed by atoms with E-state index >= 15 is 0 Å². The summed E-state index contributed by atoms with van der Waals surface area (Å²) in [6, 6.07) is 3.19. The molecule has 0 fully saturated rings. The van der Waals surface area contributed by atoms with Gasteiger partial charge in [-0.05, 0) is 30.2 Å². The number of rotatable bonds is 3. The third kappa shape index (κ3) is 1.78. The van der Waals surface area contributed by atoms with Crippen LogP contribution in [0, 0.1) is 0 Å². The SMILES string of the molecule is CCCOC1c2oc(=O)ccc2C=C2C=COC21. The summed E-state index contributed by atoms with van der Waals surface area (Å²) in [7, 11) is 0. The normalized spacial score (nSPS) is 24.2. The van der Waals surface area contributed by atoms with E-state index in [-0.39, 0.29) is 17.8 Å². The molecule has 1 aromatic heterocycles. The highest BCUT2D eigenvalue weighted by molar-refractivity contribution is 5.63. The lowest BCUT2D eigenvalue weighted by atomic mass is 9.93. The highest BCUT2D eigenvalue weighted by atomic mass is 16.5. The molecule has 1 aliphatic carbocycles. The van der Waals surface area contributed by atoms with Gasteiger partial charge in [-0.2, -0.15) is 0 Å². The molecule has 0 saturated carbocycles. The van der Waals surface area contributed by atoms with Crippen molar-refractivity contribution >= 4 is 6.08 Å². The molecule has 0 N–H and O–H groups in total. The summed E-state index contributed by atoms with van der Waals surface area (Å²) in [6.45, 7) is 2.64. The van der Waals surface area contributed by atoms with E-state index in [1.165, 1.54) is 6.07 Å². The molecule has 0 amide bonds. The average molecular weight is 246 g/mol. The predicted molar refractivity (Wildman–Crippen MR) is 66.0 cm³/mol. The Hall–Kier alpha value is -1.81. The molecule has 2 aliphatic rings. The second-order valence-corrected chi connectivity index (χ2v) is 4.37. The van der Waals surface area contributed by atoms with Crippen molar-refractivity contribution in [1.82, 2.24) is 0 Å². The molecule has 94 valence electrons. The maximum absolute atomic E-state index is 11.4. The van der Waals surface area contributed by atoms with Gasteiger partial charge in [-0.25, -0.2) is 4.79 Å². The fourth-order valence-corrected chi connectivity index (χ4v) is 2.26. The van der Waals surface area contributed by atoms with E-state index in [0.29, 0.717) is 12.4 Å². The van der Waals surface area contributed by atoms with Gasteiger partial charge >= 0.3 is 5.63 Å². The summed E-state index contributed by atoms with van der Waals surface area (Å²) in [5.41, 5.74) is 1.58. The molecule has 0 bridgehead atoms. The van der Waals surface area contributed by atoms with Crippen molar-refractivity contribution in [2.45, 2.75) is 25.6 Å². The summed E-state index contributed by atoms with van der Waals surface area (Å²) in [5.74, 6) is 0.563. The summed E-state index contributed by atoms with van der Waals surface area (Å²) < 4.78 is 16.6. The fraction of sp³-hybridized carbons (Fsp3) is 0.357. The third-order valence-corrected chi connectivity index (χ3v) is 3.07. The maximum Gasteiger partial charge on any atom is 0.335 e. The largest absolute Gasteiger partial charge is 0.490 e. The van der Waals surface area contributed by atoms with Gasteiger partial charge in [-0.3, -0.25) is 0 Å². The van der Waals surface area contributed by atoms with Crippen LogP contribution in [0.1, 0.15) is 30.8 Å². The van der Waals surface area contributed by atoms with Crippen molar-refractivity contribution in [3.8, 4) is 0 Å². The van der Waals surface area contributed by atoms with Gasteiger partial charge in [0, 0.05) is 18.2 Å². The first kappa shape index (κ1) is 11.3. The molecule has 0 aromatic carbocycles. The topological polar surface area (TPSA) is 48.7 Å². The third-order valence-electron chi connectivity index (χ3n) is 3.07. The van der Waals surface area contributed by atoms with Crippen molar-refractivity contribution < 1.29 is 13.9 Å². The van der Waals surface area contributed by atoms with Crippen LogP contribution in [0.3, 0.4) is 0 Å². The van der Waals surface area contributed by atoms with Crippen LogP contribution in [0.15, 0.2) is 39.3 Å². The Labute approximate surface area is 105 Å².